The summed E-state index contributed by atoms with van der Waals surface area (Å²) in [7, 11) is 0. The van der Waals surface area contributed by atoms with E-state index in [-0.39, 0.29) is 36.8 Å². The number of rotatable bonds is 9. The van der Waals surface area contributed by atoms with Crippen molar-refractivity contribution in [3.8, 4) is 0 Å². The maximum atomic E-state index is 14.5. The van der Waals surface area contributed by atoms with E-state index < -0.39 is 34.6 Å². The second kappa shape index (κ2) is 9.82. The van der Waals surface area contributed by atoms with E-state index in [0.717, 1.165) is 23.2 Å². The number of hydrogen-bond donors (Lipinski definition) is 1. The molecule has 0 aromatic heterocycles. The van der Waals surface area contributed by atoms with Gasteiger partial charge in [0.2, 0.25) is 5.91 Å². The molecule has 2 unspecified atom stereocenters. The van der Waals surface area contributed by atoms with E-state index in [1.165, 1.54) is 6.08 Å². The average Bonchev–Trinajstić information content (AvgIpc) is 3.48. The molecular formula is C27H34N2O5S. The smallest absolute Gasteiger partial charge is 0.311 e. The number of benzene rings is 1. The Morgan fingerprint density at radius 1 is 1.31 bits per heavy atom. The van der Waals surface area contributed by atoms with Gasteiger partial charge in [-0.05, 0) is 44.7 Å². The van der Waals surface area contributed by atoms with Crippen molar-refractivity contribution >= 4 is 35.2 Å². The molecule has 4 rings (SSSR count). The molecule has 1 aromatic carbocycles. The first-order valence-corrected chi connectivity index (χ1v) is 13.0. The van der Waals surface area contributed by atoms with Crippen LogP contribution in [-0.4, -0.2) is 69.6 Å². The van der Waals surface area contributed by atoms with Gasteiger partial charge in [-0.15, -0.1) is 18.3 Å². The molecule has 2 amide bonds. The van der Waals surface area contributed by atoms with Gasteiger partial charge in [0.05, 0.1) is 29.2 Å². The van der Waals surface area contributed by atoms with E-state index in [9.17, 15) is 19.5 Å². The quantitative estimate of drug-likeness (QED) is 0.416. The maximum absolute atomic E-state index is 14.5. The summed E-state index contributed by atoms with van der Waals surface area (Å²) >= 11 is 1.59. The van der Waals surface area contributed by atoms with Gasteiger partial charge in [-0.25, -0.2) is 0 Å². The fourth-order valence-corrected chi connectivity index (χ4v) is 8.42. The normalized spacial score (nSPS) is 29.6. The Morgan fingerprint density at radius 3 is 2.60 bits per heavy atom. The highest BCUT2D eigenvalue weighted by Crippen LogP contribution is 2.67. The van der Waals surface area contributed by atoms with Gasteiger partial charge in [0.15, 0.2) is 0 Å². The lowest BCUT2D eigenvalue weighted by Gasteiger charge is -2.39. The van der Waals surface area contributed by atoms with Crippen LogP contribution in [0.15, 0.2) is 43.5 Å². The molecular weight excluding hydrogens is 464 g/mol. The van der Waals surface area contributed by atoms with Gasteiger partial charge in [0.1, 0.15) is 12.6 Å². The third kappa shape index (κ3) is 3.91. The van der Waals surface area contributed by atoms with Crippen molar-refractivity contribution in [1.29, 1.82) is 0 Å². The third-order valence-electron chi connectivity index (χ3n) is 7.61. The maximum Gasteiger partial charge on any atom is 0.311 e. The molecule has 0 radical (unpaired) electrons. The topological polar surface area (TPSA) is 87.2 Å². The highest BCUT2D eigenvalue weighted by atomic mass is 32.2. The van der Waals surface area contributed by atoms with Gasteiger partial charge in [0.25, 0.3) is 5.91 Å². The van der Waals surface area contributed by atoms with Gasteiger partial charge in [0, 0.05) is 17.5 Å². The average molecular weight is 499 g/mol. The fourth-order valence-electron chi connectivity index (χ4n) is 6.24. The van der Waals surface area contributed by atoms with Crippen molar-refractivity contribution in [1.82, 2.24) is 4.90 Å². The number of aryl methyl sites for hydroxylation is 2. The monoisotopic (exact) mass is 498 g/mol. The van der Waals surface area contributed by atoms with Crippen molar-refractivity contribution < 1.29 is 24.2 Å². The van der Waals surface area contributed by atoms with E-state index in [1.807, 2.05) is 32.0 Å². The predicted molar refractivity (Wildman–Crippen MR) is 137 cm³/mol. The number of para-hydroxylation sites is 1. The highest BCUT2D eigenvalue weighted by molar-refractivity contribution is 8.02. The van der Waals surface area contributed by atoms with Gasteiger partial charge in [-0.2, -0.15) is 0 Å². The van der Waals surface area contributed by atoms with Gasteiger partial charge in [-0.1, -0.05) is 36.9 Å². The van der Waals surface area contributed by atoms with Crippen LogP contribution in [0.1, 0.15) is 30.9 Å². The summed E-state index contributed by atoms with van der Waals surface area (Å²) in [5.74, 6) is -2.13. The first-order valence-electron chi connectivity index (χ1n) is 12.1. The molecule has 6 atom stereocenters. The SMILES string of the molecule is C=CCOC(=O)[C@@H]1[C@@H]2CCC3(S2)C(C(=O)N(CC=C)c2c(C)cccc2C)N([C@H](C)CO)C(=O)[C@H]13. The Bertz CT molecular complexity index is 1040. The molecule has 3 heterocycles. The second-order valence-corrected chi connectivity index (χ2v) is 11.3. The van der Waals surface area contributed by atoms with Crippen molar-refractivity contribution in [3.63, 3.8) is 0 Å². The molecule has 3 saturated heterocycles. The molecule has 0 saturated carbocycles. The number of amides is 2. The molecule has 1 N–H and O–H groups in total. The molecule has 1 spiro atoms. The molecule has 7 nitrogen and oxygen atoms in total. The minimum Gasteiger partial charge on any atom is -0.461 e. The molecule has 2 bridgehead atoms. The van der Waals surface area contributed by atoms with Crippen LogP contribution in [-0.2, 0) is 19.1 Å². The zero-order chi connectivity index (χ0) is 25.5. The zero-order valence-electron chi connectivity index (χ0n) is 20.6. The molecule has 35 heavy (non-hydrogen) atoms. The van der Waals surface area contributed by atoms with E-state index in [2.05, 4.69) is 13.2 Å². The number of nitrogens with zero attached hydrogens (tertiary/aromatic N) is 2. The summed E-state index contributed by atoms with van der Waals surface area (Å²) in [5.41, 5.74) is 2.71. The first-order chi connectivity index (χ1) is 16.7. The number of anilines is 1. The molecule has 3 fully saturated rings. The third-order valence-corrected chi connectivity index (χ3v) is 9.57. The molecule has 1 aromatic rings. The van der Waals surface area contributed by atoms with E-state index in [4.69, 9.17) is 4.74 Å². The largest absolute Gasteiger partial charge is 0.461 e. The standard InChI is InChI=1S/C27H34N2O5S/c1-6-13-28(22-16(3)9-8-10-17(22)4)25(32)23-27-12-11-19(35-27)20(26(33)34-14-7-2)21(27)24(31)29(23)18(5)15-30/h6-10,18-21,23,30H,1-2,11-15H2,3-5H3/t18-,19+,20-,21+,23?,27?/m1/s1. The Hall–Kier alpha value is -2.58. The Kier molecular flexibility index (Phi) is 7.16. The lowest BCUT2D eigenvalue weighted by Crippen LogP contribution is -2.57. The van der Waals surface area contributed by atoms with Gasteiger partial charge < -0.3 is 19.6 Å². The molecule has 0 aliphatic carbocycles. The number of ether oxygens (including phenoxy) is 1. The summed E-state index contributed by atoms with van der Waals surface area (Å²) < 4.78 is 4.65. The lowest BCUT2D eigenvalue weighted by molar-refractivity contribution is -0.153. The van der Waals surface area contributed by atoms with Crippen molar-refractivity contribution in [2.75, 3.05) is 24.7 Å². The highest BCUT2D eigenvalue weighted by Gasteiger charge is 2.74. The summed E-state index contributed by atoms with van der Waals surface area (Å²) in [5, 5.41) is 9.96. The summed E-state index contributed by atoms with van der Waals surface area (Å²) in [6.45, 7) is 13.2. The van der Waals surface area contributed by atoms with Crippen LogP contribution in [0.3, 0.4) is 0 Å². The van der Waals surface area contributed by atoms with Crippen LogP contribution in [0.5, 0.6) is 0 Å². The number of thioether (sulfide) groups is 1. The number of carbonyl (C=O) groups is 3. The number of carbonyl (C=O) groups excluding carboxylic acids is 3. The molecule has 188 valence electrons. The van der Waals surface area contributed by atoms with Gasteiger partial charge in [-0.3, -0.25) is 14.4 Å². The zero-order valence-corrected chi connectivity index (χ0v) is 21.4. The Labute approximate surface area is 211 Å². The van der Waals surface area contributed by atoms with E-state index >= 15 is 0 Å². The van der Waals surface area contributed by atoms with Crippen LogP contribution in [0.4, 0.5) is 5.69 Å². The van der Waals surface area contributed by atoms with Crippen molar-refractivity contribution in [2.24, 2.45) is 11.8 Å². The van der Waals surface area contributed by atoms with Crippen molar-refractivity contribution in [3.05, 3.63) is 54.6 Å². The number of aliphatic hydroxyl groups is 1. The lowest BCUT2D eigenvalue weighted by atomic mass is 9.71. The molecule has 8 heteroatoms. The summed E-state index contributed by atoms with van der Waals surface area (Å²) in [6.07, 6.45) is 4.58. The number of fused-ring (bicyclic) bond motifs is 1. The first kappa shape index (κ1) is 25.5. The molecule has 3 aliphatic rings. The van der Waals surface area contributed by atoms with Crippen LogP contribution in [0.25, 0.3) is 0 Å². The predicted octanol–water partition coefficient (Wildman–Crippen LogP) is 3.02. The summed E-state index contributed by atoms with van der Waals surface area (Å²) in [4.78, 5) is 44.6. The number of hydrogen-bond acceptors (Lipinski definition) is 6. The Balaban J connectivity index is 1.81. The van der Waals surface area contributed by atoms with Crippen LogP contribution < -0.4 is 4.90 Å². The second-order valence-electron chi connectivity index (χ2n) is 9.73. The minimum absolute atomic E-state index is 0.0730. The molecule has 3 aliphatic heterocycles. The Morgan fingerprint density at radius 2 is 2.00 bits per heavy atom. The van der Waals surface area contributed by atoms with Crippen LogP contribution in [0.2, 0.25) is 0 Å². The van der Waals surface area contributed by atoms with Gasteiger partial charge >= 0.3 is 5.97 Å². The summed E-state index contributed by atoms with van der Waals surface area (Å²) in [6, 6.07) is 4.51. The number of aliphatic hydroxyl groups excluding tert-OH is 1. The minimum atomic E-state index is -0.798. The fraction of sp³-hybridized carbons (Fsp3) is 0.519. The number of esters is 1. The van der Waals surface area contributed by atoms with Crippen LogP contribution >= 0.6 is 11.8 Å². The van der Waals surface area contributed by atoms with E-state index in [1.54, 1.807) is 34.6 Å². The van der Waals surface area contributed by atoms with Crippen molar-refractivity contribution in [2.45, 2.75) is 55.7 Å². The number of likely N-dealkylation sites (tertiary alicyclic amines) is 1. The van der Waals surface area contributed by atoms with E-state index in [0.29, 0.717) is 6.42 Å². The van der Waals surface area contributed by atoms with Crippen LogP contribution in [0, 0.1) is 25.7 Å².